The van der Waals surface area contributed by atoms with E-state index in [9.17, 15) is 5.11 Å². The Kier molecular flexibility index (Phi) is 2.03. The molecule has 0 spiro atoms. The second-order valence-corrected chi connectivity index (χ2v) is 4.01. The lowest BCUT2D eigenvalue weighted by Gasteiger charge is -2.26. The molecule has 0 fully saturated rings. The maximum absolute atomic E-state index is 10.2. The minimum absolute atomic E-state index is 0.668. The highest BCUT2D eigenvalue weighted by atomic mass is 32.1. The van der Waals surface area contributed by atoms with E-state index in [4.69, 9.17) is 0 Å². The van der Waals surface area contributed by atoms with Gasteiger partial charge in [0.1, 0.15) is 5.60 Å². The molecule has 2 rings (SSSR count). The van der Waals surface area contributed by atoms with E-state index in [0.717, 1.165) is 24.8 Å². The van der Waals surface area contributed by atoms with Crippen molar-refractivity contribution in [2.45, 2.75) is 24.9 Å². The third-order valence-electron chi connectivity index (χ3n) is 2.34. The van der Waals surface area contributed by atoms with E-state index in [1.54, 1.807) is 11.3 Å². The average Bonchev–Trinajstić information content (AvgIpc) is 2.58. The van der Waals surface area contributed by atoms with Crippen molar-refractivity contribution < 1.29 is 5.11 Å². The summed E-state index contributed by atoms with van der Waals surface area (Å²) in [4.78, 5) is 0. The van der Waals surface area contributed by atoms with Gasteiger partial charge in [-0.05, 0) is 41.7 Å². The Morgan fingerprint density at radius 3 is 3.00 bits per heavy atom. The first kappa shape index (κ1) is 8.02. The molecule has 1 unspecified atom stereocenters. The number of hydrogen-bond donors (Lipinski definition) is 1. The van der Waals surface area contributed by atoms with Crippen LogP contribution in [0.3, 0.4) is 0 Å². The molecular weight excluding hydrogens is 168 g/mol. The Morgan fingerprint density at radius 1 is 1.50 bits per heavy atom. The number of aliphatic hydroxyl groups is 1. The van der Waals surface area contributed by atoms with Crippen LogP contribution in [-0.2, 0) is 5.60 Å². The van der Waals surface area contributed by atoms with E-state index in [1.807, 2.05) is 22.9 Å². The van der Waals surface area contributed by atoms with Gasteiger partial charge in [-0.15, -0.1) is 0 Å². The van der Waals surface area contributed by atoms with E-state index >= 15 is 0 Å². The summed E-state index contributed by atoms with van der Waals surface area (Å²) in [5, 5.41) is 14.2. The smallest absolute Gasteiger partial charge is 0.109 e. The summed E-state index contributed by atoms with van der Waals surface area (Å²) in [6.45, 7) is 0. The molecule has 0 saturated heterocycles. The normalized spacial score (nSPS) is 29.1. The maximum Gasteiger partial charge on any atom is 0.109 e. The van der Waals surface area contributed by atoms with E-state index < -0.39 is 5.60 Å². The number of thiophene rings is 1. The summed E-state index contributed by atoms with van der Waals surface area (Å²) < 4.78 is 0. The molecule has 0 amide bonds. The van der Waals surface area contributed by atoms with Gasteiger partial charge < -0.3 is 5.11 Å². The highest BCUT2D eigenvalue weighted by molar-refractivity contribution is 7.08. The first-order valence-corrected chi connectivity index (χ1v) is 5.18. The van der Waals surface area contributed by atoms with Crippen molar-refractivity contribution in [1.82, 2.24) is 0 Å². The Hall–Kier alpha value is -0.600. The van der Waals surface area contributed by atoms with Crippen LogP contribution in [0.2, 0.25) is 0 Å². The van der Waals surface area contributed by atoms with E-state index in [0.29, 0.717) is 0 Å². The van der Waals surface area contributed by atoms with Gasteiger partial charge >= 0.3 is 0 Å². The lowest BCUT2D eigenvalue weighted by Crippen LogP contribution is -2.23. The van der Waals surface area contributed by atoms with Crippen molar-refractivity contribution in [1.29, 1.82) is 0 Å². The van der Waals surface area contributed by atoms with Crippen LogP contribution >= 0.6 is 11.3 Å². The molecule has 0 aliphatic heterocycles. The Morgan fingerprint density at radius 2 is 2.42 bits per heavy atom. The molecule has 1 N–H and O–H groups in total. The zero-order valence-electron chi connectivity index (χ0n) is 6.86. The molecule has 1 atom stereocenters. The summed E-state index contributed by atoms with van der Waals surface area (Å²) in [5.74, 6) is 0. The molecule has 0 aromatic carbocycles. The van der Waals surface area contributed by atoms with Crippen LogP contribution in [0.5, 0.6) is 0 Å². The lowest BCUT2D eigenvalue weighted by molar-refractivity contribution is 0.0731. The van der Waals surface area contributed by atoms with E-state index in [-0.39, 0.29) is 0 Å². The fraction of sp³-hybridized carbons (Fsp3) is 0.400. The van der Waals surface area contributed by atoms with Crippen molar-refractivity contribution in [2.24, 2.45) is 0 Å². The molecule has 1 aliphatic rings. The van der Waals surface area contributed by atoms with Gasteiger partial charge in [-0.1, -0.05) is 12.2 Å². The molecule has 1 aromatic rings. The fourth-order valence-corrected chi connectivity index (χ4v) is 2.34. The van der Waals surface area contributed by atoms with Crippen LogP contribution in [-0.4, -0.2) is 5.11 Å². The summed E-state index contributed by atoms with van der Waals surface area (Å²) in [5.41, 5.74) is 0.376. The van der Waals surface area contributed by atoms with Crippen LogP contribution in [0, 0.1) is 0 Å². The van der Waals surface area contributed by atoms with Crippen molar-refractivity contribution in [2.75, 3.05) is 0 Å². The monoisotopic (exact) mass is 180 g/mol. The average molecular weight is 180 g/mol. The number of rotatable bonds is 1. The molecule has 1 nitrogen and oxygen atoms in total. The van der Waals surface area contributed by atoms with Gasteiger partial charge in [0.15, 0.2) is 0 Å². The van der Waals surface area contributed by atoms with Gasteiger partial charge in [-0.3, -0.25) is 0 Å². The molecule has 0 saturated carbocycles. The highest BCUT2D eigenvalue weighted by Gasteiger charge is 2.27. The molecular formula is C10H12OS. The van der Waals surface area contributed by atoms with Gasteiger partial charge in [0.05, 0.1) is 0 Å². The Labute approximate surface area is 76.4 Å². The van der Waals surface area contributed by atoms with Gasteiger partial charge in [-0.2, -0.15) is 11.3 Å². The van der Waals surface area contributed by atoms with E-state index in [2.05, 4.69) is 6.08 Å². The minimum Gasteiger partial charge on any atom is -0.381 e. The van der Waals surface area contributed by atoms with Crippen molar-refractivity contribution in [3.8, 4) is 0 Å². The lowest BCUT2D eigenvalue weighted by atomic mass is 9.86. The quantitative estimate of drug-likeness (QED) is 0.659. The van der Waals surface area contributed by atoms with Crippen LogP contribution in [0.15, 0.2) is 29.0 Å². The topological polar surface area (TPSA) is 20.2 Å². The fourth-order valence-electron chi connectivity index (χ4n) is 1.60. The Balaban J connectivity index is 2.31. The number of hydrogen-bond acceptors (Lipinski definition) is 2. The van der Waals surface area contributed by atoms with Crippen LogP contribution in [0.1, 0.15) is 24.8 Å². The zero-order valence-corrected chi connectivity index (χ0v) is 7.68. The van der Waals surface area contributed by atoms with Crippen molar-refractivity contribution >= 4 is 11.3 Å². The first-order valence-electron chi connectivity index (χ1n) is 4.24. The molecule has 1 heterocycles. The second kappa shape index (κ2) is 3.04. The predicted octanol–water partition coefficient (Wildman–Crippen LogP) is 2.68. The molecule has 0 radical (unpaired) electrons. The Bertz CT molecular complexity index is 276. The highest BCUT2D eigenvalue weighted by Crippen LogP contribution is 2.33. The zero-order chi connectivity index (χ0) is 8.44. The maximum atomic E-state index is 10.2. The molecule has 0 bridgehead atoms. The van der Waals surface area contributed by atoms with E-state index in [1.165, 1.54) is 0 Å². The summed E-state index contributed by atoms with van der Waals surface area (Å²) >= 11 is 1.64. The summed E-state index contributed by atoms with van der Waals surface area (Å²) in [7, 11) is 0. The second-order valence-electron chi connectivity index (χ2n) is 3.23. The van der Waals surface area contributed by atoms with Crippen molar-refractivity contribution in [3.05, 3.63) is 34.5 Å². The standard InChI is InChI=1S/C10H12OS/c11-10(5-2-1-3-6-10)9-4-7-12-8-9/h2,4-5,7-8,11H,1,3,6H2. The molecule has 1 aromatic heterocycles. The van der Waals surface area contributed by atoms with Gasteiger partial charge in [0.2, 0.25) is 0 Å². The minimum atomic E-state index is -0.668. The SMILES string of the molecule is OC1(c2ccsc2)C=CCCC1. The molecule has 2 heteroatoms. The van der Waals surface area contributed by atoms with Crippen LogP contribution in [0.25, 0.3) is 0 Å². The third kappa shape index (κ3) is 1.32. The summed E-state index contributed by atoms with van der Waals surface area (Å²) in [6, 6.07) is 2.00. The van der Waals surface area contributed by atoms with Gasteiger partial charge in [-0.25, -0.2) is 0 Å². The van der Waals surface area contributed by atoms with Crippen LogP contribution < -0.4 is 0 Å². The first-order chi connectivity index (χ1) is 5.81. The largest absolute Gasteiger partial charge is 0.381 e. The molecule has 12 heavy (non-hydrogen) atoms. The van der Waals surface area contributed by atoms with Gasteiger partial charge in [0, 0.05) is 0 Å². The van der Waals surface area contributed by atoms with Crippen LogP contribution in [0.4, 0.5) is 0 Å². The molecule has 1 aliphatic carbocycles. The van der Waals surface area contributed by atoms with Gasteiger partial charge in [0.25, 0.3) is 0 Å². The summed E-state index contributed by atoms with van der Waals surface area (Å²) in [6.07, 6.45) is 7.05. The number of allylic oxidation sites excluding steroid dienone is 1. The predicted molar refractivity (Wildman–Crippen MR) is 51.2 cm³/mol. The third-order valence-corrected chi connectivity index (χ3v) is 3.03. The molecule has 64 valence electrons. The van der Waals surface area contributed by atoms with Crippen molar-refractivity contribution in [3.63, 3.8) is 0 Å².